The van der Waals surface area contributed by atoms with E-state index in [0.29, 0.717) is 0 Å². The van der Waals surface area contributed by atoms with Gasteiger partial charge in [-0.2, -0.15) is 4.72 Å². The van der Waals surface area contributed by atoms with Gasteiger partial charge in [0.25, 0.3) is 0 Å². The normalized spacial score (nSPS) is 12.8. The predicted molar refractivity (Wildman–Crippen MR) is 35.7 cm³/mol. The molecule has 3 N–H and O–H groups in total. The molecule has 1 radical (unpaired) electrons. The highest BCUT2D eigenvalue weighted by Crippen LogP contribution is 1.93. The van der Waals surface area contributed by atoms with E-state index in [1.54, 1.807) is 4.72 Å². The van der Waals surface area contributed by atoms with Crippen LogP contribution in [0.25, 0.3) is 0 Å². The van der Waals surface area contributed by atoms with Crippen LogP contribution in [0.3, 0.4) is 0 Å². The number of nitrogens with one attached hydrogen (secondary N) is 1. The molecule has 0 bridgehead atoms. The van der Waals surface area contributed by atoms with Gasteiger partial charge in [-0.3, -0.25) is 5.73 Å². The summed E-state index contributed by atoms with van der Waals surface area (Å²) >= 11 is 0. The molecular formula is C2H7N2O4S2. The molecule has 0 aliphatic carbocycles. The first-order valence-electron chi connectivity index (χ1n) is 2.07. The Kier molecular flexibility index (Phi) is 3.22. The third-order valence-corrected chi connectivity index (χ3v) is 2.08. The fraction of sp³-hybridized carbons (Fsp3) is 0.500. The van der Waals surface area contributed by atoms with Gasteiger partial charge in [-0.25, -0.2) is 16.8 Å². The minimum Gasteiger partial charge on any atom is -0.296 e. The van der Waals surface area contributed by atoms with Gasteiger partial charge in [0.15, 0.2) is 9.84 Å². The molecule has 0 aromatic rings. The SMILES string of the molecule is CS(=O)(=O)[C](N)N[SH](=O)=O. The van der Waals surface area contributed by atoms with Crippen LogP contribution in [0.5, 0.6) is 0 Å². The van der Waals surface area contributed by atoms with Crippen molar-refractivity contribution in [2.75, 3.05) is 6.26 Å². The standard InChI is InChI=1S/C2H7N2O4S2/c1-10(7,8)2(3)4-9(5)6/h9H,3H2,1H3,(H,4,5,6). The maximum atomic E-state index is 10.4. The molecule has 0 unspecified atom stereocenters. The molecule has 0 rings (SSSR count). The largest absolute Gasteiger partial charge is 0.296 e. The average Bonchev–Trinajstić information content (AvgIpc) is 1.60. The van der Waals surface area contributed by atoms with Crippen molar-refractivity contribution in [2.45, 2.75) is 0 Å². The van der Waals surface area contributed by atoms with Crippen LogP contribution >= 0.6 is 0 Å². The second kappa shape index (κ2) is 3.28. The average molecular weight is 187 g/mol. The van der Waals surface area contributed by atoms with Gasteiger partial charge in [0.2, 0.25) is 16.4 Å². The first-order valence-corrected chi connectivity index (χ1v) is 5.14. The Bertz CT molecular complexity index is 257. The van der Waals surface area contributed by atoms with Crippen LogP contribution in [-0.2, 0) is 20.7 Å². The van der Waals surface area contributed by atoms with Crippen molar-refractivity contribution < 1.29 is 16.8 Å². The van der Waals surface area contributed by atoms with E-state index in [0.717, 1.165) is 6.26 Å². The molecule has 0 aliphatic heterocycles. The van der Waals surface area contributed by atoms with Crippen LogP contribution < -0.4 is 10.5 Å². The van der Waals surface area contributed by atoms with Crippen molar-refractivity contribution in [3.63, 3.8) is 0 Å². The van der Waals surface area contributed by atoms with Gasteiger partial charge in [0, 0.05) is 6.26 Å². The van der Waals surface area contributed by atoms with Crippen molar-refractivity contribution in [3.8, 4) is 0 Å². The molecule has 10 heavy (non-hydrogen) atoms. The first-order chi connectivity index (χ1) is 4.34. The summed E-state index contributed by atoms with van der Waals surface area (Å²) in [6.45, 7) is 0. The molecule has 8 heteroatoms. The van der Waals surface area contributed by atoms with Crippen molar-refractivity contribution in [1.82, 2.24) is 4.72 Å². The molecule has 61 valence electrons. The molecule has 0 aromatic heterocycles. The van der Waals surface area contributed by atoms with Crippen LogP contribution in [0.15, 0.2) is 0 Å². The van der Waals surface area contributed by atoms with Crippen molar-refractivity contribution in [3.05, 3.63) is 5.50 Å². The van der Waals surface area contributed by atoms with Gasteiger partial charge >= 0.3 is 0 Å². The van der Waals surface area contributed by atoms with E-state index in [1.807, 2.05) is 0 Å². The Morgan fingerprint density at radius 3 is 2.00 bits per heavy atom. The van der Waals surface area contributed by atoms with E-state index < -0.39 is 26.2 Å². The summed E-state index contributed by atoms with van der Waals surface area (Å²) in [7, 11) is -6.59. The Hall–Kier alpha value is -0.180. The van der Waals surface area contributed by atoms with Crippen LogP contribution in [0.1, 0.15) is 0 Å². The number of sulfone groups is 1. The quantitative estimate of drug-likeness (QED) is 0.425. The minimum absolute atomic E-state index is 0.761. The number of thiol groups is 1. The summed E-state index contributed by atoms with van der Waals surface area (Å²) in [6.07, 6.45) is 0.800. The zero-order valence-corrected chi connectivity index (χ0v) is 6.78. The first kappa shape index (κ1) is 9.82. The maximum absolute atomic E-state index is 10.4. The smallest absolute Gasteiger partial charge is 0.231 e. The molecule has 0 aliphatic rings. The second-order valence-corrected chi connectivity index (χ2v) is 4.23. The van der Waals surface area contributed by atoms with E-state index in [4.69, 9.17) is 5.73 Å². The summed E-state index contributed by atoms with van der Waals surface area (Å²) in [5.74, 6) is 0. The molecular weight excluding hydrogens is 180 g/mol. The fourth-order valence-electron chi connectivity index (χ4n) is 0.173. The lowest BCUT2D eigenvalue weighted by atomic mass is 11.2. The van der Waals surface area contributed by atoms with Crippen molar-refractivity contribution >= 4 is 20.7 Å². The summed E-state index contributed by atoms with van der Waals surface area (Å²) in [5.41, 5.74) is 4.02. The summed E-state index contributed by atoms with van der Waals surface area (Å²) in [5, 5.41) is 0. The topological polar surface area (TPSA) is 106 Å². The zero-order valence-electron chi connectivity index (χ0n) is 5.07. The summed E-state index contributed by atoms with van der Waals surface area (Å²) < 4.78 is 41.9. The lowest BCUT2D eigenvalue weighted by Crippen LogP contribution is -2.33. The number of nitrogens with two attached hydrogens (primary N) is 1. The monoisotopic (exact) mass is 187 g/mol. The number of hydrogen-bond acceptors (Lipinski definition) is 5. The number of rotatable bonds is 3. The summed E-state index contributed by atoms with van der Waals surface area (Å²) in [4.78, 5) is 0. The summed E-state index contributed by atoms with van der Waals surface area (Å²) in [6, 6.07) is 0. The highest BCUT2D eigenvalue weighted by Gasteiger charge is 2.16. The molecule has 0 saturated carbocycles. The van der Waals surface area contributed by atoms with E-state index in [9.17, 15) is 16.8 Å². The molecule has 0 saturated heterocycles. The van der Waals surface area contributed by atoms with Gasteiger partial charge in [-0.1, -0.05) is 0 Å². The van der Waals surface area contributed by atoms with Gasteiger partial charge in [0.1, 0.15) is 0 Å². The Balaban J connectivity index is 4.26. The highest BCUT2D eigenvalue weighted by molar-refractivity contribution is 7.94. The Morgan fingerprint density at radius 1 is 1.50 bits per heavy atom. The highest BCUT2D eigenvalue weighted by atomic mass is 32.2. The van der Waals surface area contributed by atoms with Crippen molar-refractivity contribution in [2.24, 2.45) is 5.73 Å². The van der Waals surface area contributed by atoms with Gasteiger partial charge in [-0.05, 0) is 0 Å². The van der Waals surface area contributed by atoms with E-state index in [1.165, 1.54) is 0 Å². The van der Waals surface area contributed by atoms with Crippen LogP contribution in [0.2, 0.25) is 0 Å². The maximum Gasteiger partial charge on any atom is 0.231 e. The van der Waals surface area contributed by atoms with Crippen molar-refractivity contribution in [1.29, 1.82) is 0 Å². The minimum atomic E-state index is -3.60. The lowest BCUT2D eigenvalue weighted by molar-refractivity contribution is 0.588. The third-order valence-electron chi connectivity index (χ3n) is 0.601. The third kappa shape index (κ3) is 3.77. The Labute approximate surface area is 60.4 Å². The molecule has 0 aromatic carbocycles. The van der Waals surface area contributed by atoms with E-state index >= 15 is 0 Å². The number of hydrogen-bond donors (Lipinski definition) is 3. The molecule has 6 nitrogen and oxygen atoms in total. The van der Waals surface area contributed by atoms with Crippen LogP contribution in [0, 0.1) is 5.50 Å². The van der Waals surface area contributed by atoms with E-state index in [-0.39, 0.29) is 0 Å². The van der Waals surface area contributed by atoms with Gasteiger partial charge < -0.3 is 0 Å². The van der Waals surface area contributed by atoms with Gasteiger partial charge in [0.05, 0.1) is 0 Å². The zero-order chi connectivity index (χ0) is 8.36. The van der Waals surface area contributed by atoms with E-state index in [2.05, 4.69) is 0 Å². The second-order valence-electron chi connectivity index (χ2n) is 1.51. The fourth-order valence-corrected chi connectivity index (χ4v) is 1.24. The molecule has 0 heterocycles. The molecule has 0 spiro atoms. The Morgan fingerprint density at radius 2 is 1.90 bits per heavy atom. The lowest BCUT2D eigenvalue weighted by Gasteiger charge is -2.02. The predicted octanol–water partition coefficient (Wildman–Crippen LogP) is -2.45. The molecule has 0 amide bonds. The van der Waals surface area contributed by atoms with Gasteiger partial charge in [-0.15, -0.1) is 0 Å². The molecule has 0 atom stereocenters. The van der Waals surface area contributed by atoms with Crippen LogP contribution in [-0.4, -0.2) is 23.1 Å². The molecule has 0 fully saturated rings. The van der Waals surface area contributed by atoms with Crippen LogP contribution in [0.4, 0.5) is 0 Å².